The van der Waals surface area contributed by atoms with Crippen LogP contribution in [0.2, 0.25) is 0 Å². The van der Waals surface area contributed by atoms with Crippen molar-refractivity contribution < 1.29 is 18.7 Å². The van der Waals surface area contributed by atoms with E-state index in [9.17, 15) is 9.59 Å². The van der Waals surface area contributed by atoms with E-state index in [0.29, 0.717) is 43.4 Å². The third-order valence-corrected chi connectivity index (χ3v) is 3.62. The number of nitrogens with zero attached hydrogens (tertiary/aromatic N) is 3. The van der Waals surface area contributed by atoms with Crippen molar-refractivity contribution in [3.63, 3.8) is 0 Å². The second-order valence-electron chi connectivity index (χ2n) is 5.11. The largest absolute Gasteiger partial charge is 0.469 e. The van der Waals surface area contributed by atoms with Crippen LogP contribution >= 0.6 is 0 Å². The van der Waals surface area contributed by atoms with Crippen molar-refractivity contribution in [1.82, 2.24) is 14.8 Å². The summed E-state index contributed by atoms with van der Waals surface area (Å²) in [6, 6.07) is 0. The van der Waals surface area contributed by atoms with Crippen LogP contribution in [0.3, 0.4) is 0 Å². The minimum atomic E-state index is -0.207. The van der Waals surface area contributed by atoms with Crippen molar-refractivity contribution in [2.24, 2.45) is 0 Å². The summed E-state index contributed by atoms with van der Waals surface area (Å²) < 4.78 is 10.00. The van der Waals surface area contributed by atoms with Gasteiger partial charge < -0.3 is 14.1 Å². The van der Waals surface area contributed by atoms with Crippen molar-refractivity contribution in [3.05, 3.63) is 17.3 Å². The fraction of sp³-hybridized carbons (Fsp3) is 0.643. The van der Waals surface area contributed by atoms with Gasteiger partial charge in [-0.05, 0) is 6.92 Å². The summed E-state index contributed by atoms with van der Waals surface area (Å²) in [5, 5.41) is 0. The van der Waals surface area contributed by atoms with Crippen molar-refractivity contribution in [2.45, 2.75) is 20.3 Å². The Morgan fingerprint density at radius 2 is 1.90 bits per heavy atom. The maximum absolute atomic E-state index is 12.4. The molecule has 1 saturated heterocycles. The minimum Gasteiger partial charge on any atom is -0.469 e. The molecule has 2 heterocycles. The number of aryl methyl sites for hydroxylation is 2. The molecule has 0 saturated carbocycles. The smallest absolute Gasteiger partial charge is 0.306 e. The van der Waals surface area contributed by atoms with Gasteiger partial charge in [-0.15, -0.1) is 0 Å². The molecular weight excluding hydrogens is 274 g/mol. The first kappa shape index (κ1) is 15.5. The van der Waals surface area contributed by atoms with E-state index in [1.54, 1.807) is 18.7 Å². The number of hydrogen-bond donors (Lipinski definition) is 0. The molecule has 0 aromatic carbocycles. The van der Waals surface area contributed by atoms with E-state index in [0.717, 1.165) is 13.1 Å². The van der Waals surface area contributed by atoms with Crippen LogP contribution in [-0.2, 0) is 9.53 Å². The van der Waals surface area contributed by atoms with Gasteiger partial charge in [-0.2, -0.15) is 0 Å². The number of rotatable bonds is 4. The lowest BCUT2D eigenvalue weighted by Gasteiger charge is -2.34. The monoisotopic (exact) mass is 295 g/mol. The Morgan fingerprint density at radius 3 is 2.43 bits per heavy atom. The van der Waals surface area contributed by atoms with Crippen LogP contribution in [0.25, 0.3) is 0 Å². The summed E-state index contributed by atoms with van der Waals surface area (Å²) in [5.41, 5.74) is 0.630. The molecular formula is C14H21N3O4. The van der Waals surface area contributed by atoms with Crippen LogP contribution in [0.5, 0.6) is 0 Å². The molecule has 1 fully saturated rings. The average Bonchev–Trinajstić information content (AvgIpc) is 2.83. The zero-order valence-electron chi connectivity index (χ0n) is 12.7. The number of esters is 1. The zero-order valence-corrected chi connectivity index (χ0v) is 12.7. The molecule has 1 aromatic rings. The number of ether oxygens (including phenoxy) is 1. The molecule has 0 radical (unpaired) electrons. The Balaban J connectivity index is 1.85. The lowest BCUT2D eigenvalue weighted by Crippen LogP contribution is -2.49. The molecule has 116 valence electrons. The summed E-state index contributed by atoms with van der Waals surface area (Å²) in [6.07, 6.45) is 0.380. The topological polar surface area (TPSA) is 75.9 Å². The fourth-order valence-electron chi connectivity index (χ4n) is 2.40. The molecule has 0 bridgehead atoms. The van der Waals surface area contributed by atoms with Gasteiger partial charge in [-0.25, -0.2) is 4.98 Å². The normalized spacial score (nSPS) is 16.0. The van der Waals surface area contributed by atoms with Crippen LogP contribution in [0.15, 0.2) is 4.42 Å². The Morgan fingerprint density at radius 1 is 1.24 bits per heavy atom. The summed E-state index contributed by atoms with van der Waals surface area (Å²) in [5.74, 6) is 0.519. The van der Waals surface area contributed by atoms with E-state index in [1.807, 2.05) is 0 Å². The molecule has 7 heteroatoms. The highest BCUT2D eigenvalue weighted by molar-refractivity contribution is 5.92. The van der Waals surface area contributed by atoms with E-state index >= 15 is 0 Å². The first-order valence-electron chi connectivity index (χ1n) is 7.03. The van der Waals surface area contributed by atoms with Crippen LogP contribution < -0.4 is 0 Å². The van der Waals surface area contributed by atoms with E-state index in [-0.39, 0.29) is 11.9 Å². The molecule has 0 atom stereocenters. The van der Waals surface area contributed by atoms with Gasteiger partial charge in [0.05, 0.1) is 19.2 Å². The van der Waals surface area contributed by atoms with Gasteiger partial charge in [-0.3, -0.25) is 14.5 Å². The highest BCUT2D eigenvalue weighted by Crippen LogP contribution is 2.14. The Hall–Kier alpha value is -1.89. The number of aromatic nitrogens is 1. The standard InChI is InChI=1S/C14H21N3O4/c1-10-13(21-11(2)15-10)14(19)17-8-6-16(7-9-17)5-4-12(18)20-3/h4-9H2,1-3H3. The molecule has 7 nitrogen and oxygen atoms in total. The van der Waals surface area contributed by atoms with E-state index in [4.69, 9.17) is 4.42 Å². The maximum Gasteiger partial charge on any atom is 0.306 e. The average molecular weight is 295 g/mol. The predicted molar refractivity (Wildman–Crippen MR) is 75.0 cm³/mol. The van der Waals surface area contributed by atoms with Crippen LogP contribution in [0.1, 0.15) is 28.6 Å². The molecule has 0 aliphatic carbocycles. The number of amides is 1. The van der Waals surface area contributed by atoms with Crippen molar-refractivity contribution in [1.29, 1.82) is 0 Å². The quantitative estimate of drug-likeness (QED) is 0.758. The molecule has 0 N–H and O–H groups in total. The fourth-order valence-corrected chi connectivity index (χ4v) is 2.40. The molecule has 2 rings (SSSR count). The maximum atomic E-state index is 12.4. The molecule has 1 amide bonds. The molecule has 0 unspecified atom stereocenters. The van der Waals surface area contributed by atoms with Gasteiger partial charge in [-0.1, -0.05) is 0 Å². The number of piperazine rings is 1. The number of carbonyl (C=O) groups excluding carboxylic acids is 2. The van der Waals surface area contributed by atoms with Crippen LogP contribution in [0.4, 0.5) is 0 Å². The first-order valence-corrected chi connectivity index (χ1v) is 7.03. The summed E-state index contributed by atoms with van der Waals surface area (Å²) in [7, 11) is 1.39. The van der Waals surface area contributed by atoms with E-state index < -0.39 is 0 Å². The zero-order chi connectivity index (χ0) is 15.4. The second-order valence-corrected chi connectivity index (χ2v) is 5.11. The van der Waals surface area contributed by atoms with Gasteiger partial charge in [0.2, 0.25) is 5.76 Å². The van der Waals surface area contributed by atoms with Gasteiger partial charge in [0, 0.05) is 39.6 Å². The van der Waals surface area contributed by atoms with Crippen molar-refractivity contribution >= 4 is 11.9 Å². The highest BCUT2D eigenvalue weighted by Gasteiger charge is 2.26. The van der Waals surface area contributed by atoms with Gasteiger partial charge >= 0.3 is 5.97 Å². The van der Waals surface area contributed by atoms with Crippen LogP contribution in [0, 0.1) is 13.8 Å². The van der Waals surface area contributed by atoms with Crippen molar-refractivity contribution in [2.75, 3.05) is 39.8 Å². The SMILES string of the molecule is COC(=O)CCN1CCN(C(=O)c2oc(C)nc2C)CC1. The number of hydrogen-bond acceptors (Lipinski definition) is 6. The van der Waals surface area contributed by atoms with Crippen molar-refractivity contribution in [3.8, 4) is 0 Å². The van der Waals surface area contributed by atoms with Gasteiger partial charge in [0.25, 0.3) is 5.91 Å². The highest BCUT2D eigenvalue weighted by atomic mass is 16.5. The number of methoxy groups -OCH3 is 1. The third-order valence-electron chi connectivity index (χ3n) is 3.62. The molecule has 1 aliphatic heterocycles. The summed E-state index contributed by atoms with van der Waals surface area (Å²) >= 11 is 0. The molecule has 1 aliphatic rings. The number of oxazole rings is 1. The van der Waals surface area contributed by atoms with E-state index in [1.165, 1.54) is 7.11 Å². The van der Waals surface area contributed by atoms with Gasteiger partial charge in [0.15, 0.2) is 5.89 Å². The number of carbonyl (C=O) groups is 2. The summed E-state index contributed by atoms with van der Waals surface area (Å²) in [6.45, 7) is 6.90. The van der Waals surface area contributed by atoms with Crippen LogP contribution in [-0.4, -0.2) is 66.5 Å². The summed E-state index contributed by atoms with van der Waals surface area (Å²) in [4.78, 5) is 31.5. The minimum absolute atomic E-state index is 0.110. The molecule has 0 spiro atoms. The molecule has 21 heavy (non-hydrogen) atoms. The third kappa shape index (κ3) is 3.81. The lowest BCUT2D eigenvalue weighted by atomic mass is 10.2. The second kappa shape index (κ2) is 6.71. The van der Waals surface area contributed by atoms with Gasteiger partial charge in [0.1, 0.15) is 0 Å². The molecule has 1 aromatic heterocycles. The Kier molecular flexibility index (Phi) is 4.95. The Labute approximate surface area is 123 Å². The first-order chi connectivity index (χ1) is 10.0. The van der Waals surface area contributed by atoms with E-state index in [2.05, 4.69) is 14.6 Å². The Bertz CT molecular complexity index is 518. The lowest BCUT2D eigenvalue weighted by molar-refractivity contribution is -0.141. The predicted octanol–water partition coefficient (Wildman–Crippen LogP) is 0.612.